The van der Waals surface area contributed by atoms with Crippen LogP contribution in [0.1, 0.15) is 60.8 Å². The monoisotopic (exact) mass is 347 g/mol. The Morgan fingerprint density at radius 1 is 1.23 bits per heavy atom. The molecule has 0 unspecified atom stereocenters. The van der Waals surface area contributed by atoms with Gasteiger partial charge in [0.2, 0.25) is 0 Å². The molecule has 0 aliphatic heterocycles. The lowest BCUT2D eigenvalue weighted by atomic mass is 10.1. The average Bonchev–Trinajstić information content (AvgIpc) is 2.32. The molecule has 0 rings (SSSR count). The van der Waals surface area contributed by atoms with Crippen molar-refractivity contribution in [3.63, 3.8) is 0 Å². The summed E-state index contributed by atoms with van der Waals surface area (Å²) < 4.78 is 21.4. The number of hydrogen-bond donors (Lipinski definition) is 1. The number of rotatable bonds is 9. The van der Waals surface area contributed by atoms with Crippen LogP contribution in [0.25, 0.3) is 0 Å². The van der Waals surface area contributed by atoms with Crippen LogP contribution in [0.3, 0.4) is 0 Å². The standard InChI is InChI=1S/C17H37NO2SSi/c1-10-12-15(18-21(19)16(2,3)4)13-11-14-20-22(8,9)17(5,6)7/h10,15,18H,1,11-14H2,2-9H3/t15-,21+/m0/s1. The predicted octanol–water partition coefficient (Wildman–Crippen LogP) is 4.78. The summed E-state index contributed by atoms with van der Waals surface area (Å²) in [4.78, 5) is 0. The van der Waals surface area contributed by atoms with Gasteiger partial charge in [-0.15, -0.1) is 6.58 Å². The first-order valence-corrected chi connectivity index (χ1v) is 12.3. The van der Waals surface area contributed by atoms with E-state index < -0.39 is 19.3 Å². The van der Waals surface area contributed by atoms with Crippen LogP contribution in [-0.2, 0) is 15.4 Å². The van der Waals surface area contributed by atoms with Crippen molar-refractivity contribution in [3.05, 3.63) is 12.7 Å². The molecule has 0 aromatic carbocycles. The lowest BCUT2D eigenvalue weighted by molar-refractivity contribution is 0.273. The van der Waals surface area contributed by atoms with Crippen molar-refractivity contribution in [2.75, 3.05) is 6.61 Å². The van der Waals surface area contributed by atoms with Crippen molar-refractivity contribution in [1.82, 2.24) is 4.72 Å². The van der Waals surface area contributed by atoms with Crippen molar-refractivity contribution in [3.8, 4) is 0 Å². The zero-order valence-corrected chi connectivity index (χ0v) is 17.7. The first kappa shape index (κ1) is 22.0. The summed E-state index contributed by atoms with van der Waals surface area (Å²) in [6, 6.07) is 0.209. The highest BCUT2D eigenvalue weighted by atomic mass is 32.2. The third-order valence-electron chi connectivity index (χ3n) is 4.25. The summed E-state index contributed by atoms with van der Waals surface area (Å²) >= 11 is 0. The normalized spacial score (nSPS) is 16.4. The van der Waals surface area contributed by atoms with Crippen LogP contribution < -0.4 is 4.72 Å². The van der Waals surface area contributed by atoms with Gasteiger partial charge in [0.15, 0.2) is 8.32 Å². The molecule has 0 aliphatic rings. The van der Waals surface area contributed by atoms with E-state index in [4.69, 9.17) is 4.43 Å². The molecule has 0 saturated carbocycles. The van der Waals surface area contributed by atoms with E-state index in [1.54, 1.807) is 0 Å². The van der Waals surface area contributed by atoms with Gasteiger partial charge in [-0.25, -0.2) is 8.93 Å². The summed E-state index contributed by atoms with van der Waals surface area (Å²) in [6.07, 6.45) is 4.68. The zero-order chi connectivity index (χ0) is 17.6. The first-order chi connectivity index (χ1) is 9.81. The van der Waals surface area contributed by atoms with E-state index in [1.807, 2.05) is 26.8 Å². The molecule has 1 N–H and O–H groups in total. The average molecular weight is 348 g/mol. The summed E-state index contributed by atoms with van der Waals surface area (Å²) in [6.45, 7) is 21.9. The Morgan fingerprint density at radius 2 is 1.77 bits per heavy atom. The SMILES string of the molecule is C=CC[C@@H](CCCO[Si](C)(C)C(C)(C)C)N[S@](=O)C(C)(C)C. The van der Waals surface area contributed by atoms with Crippen LogP contribution in [0.4, 0.5) is 0 Å². The van der Waals surface area contributed by atoms with Gasteiger partial charge < -0.3 is 4.43 Å². The molecule has 0 heterocycles. The smallest absolute Gasteiger partial charge is 0.191 e. The quantitative estimate of drug-likeness (QED) is 0.370. The number of hydrogen-bond acceptors (Lipinski definition) is 2. The molecule has 0 saturated heterocycles. The minimum atomic E-state index is -1.66. The Balaban J connectivity index is 4.33. The summed E-state index contributed by atoms with van der Waals surface area (Å²) in [5, 5.41) is 0.250. The van der Waals surface area contributed by atoms with E-state index in [9.17, 15) is 4.21 Å². The second-order valence-electron chi connectivity index (χ2n) is 8.47. The molecule has 132 valence electrons. The highest BCUT2D eigenvalue weighted by Crippen LogP contribution is 2.36. The van der Waals surface area contributed by atoms with Crippen molar-refractivity contribution in [2.24, 2.45) is 0 Å². The van der Waals surface area contributed by atoms with Crippen LogP contribution in [0.2, 0.25) is 18.1 Å². The van der Waals surface area contributed by atoms with Crippen molar-refractivity contribution >= 4 is 19.3 Å². The molecule has 0 aromatic rings. The van der Waals surface area contributed by atoms with Gasteiger partial charge in [-0.2, -0.15) is 0 Å². The lowest BCUT2D eigenvalue weighted by Gasteiger charge is -2.36. The Bertz CT molecular complexity index is 370. The van der Waals surface area contributed by atoms with Crippen LogP contribution in [0, 0.1) is 0 Å². The molecular formula is C17H37NO2SSi. The van der Waals surface area contributed by atoms with Gasteiger partial charge >= 0.3 is 0 Å². The van der Waals surface area contributed by atoms with Crippen LogP contribution in [0.15, 0.2) is 12.7 Å². The summed E-state index contributed by atoms with van der Waals surface area (Å²) in [7, 11) is -2.69. The Kier molecular flexibility index (Phi) is 8.77. The zero-order valence-electron chi connectivity index (χ0n) is 15.9. The molecule has 22 heavy (non-hydrogen) atoms. The second-order valence-corrected chi connectivity index (χ2v) is 15.3. The van der Waals surface area contributed by atoms with E-state index in [0.29, 0.717) is 0 Å². The van der Waals surface area contributed by atoms with Gasteiger partial charge in [-0.1, -0.05) is 26.8 Å². The van der Waals surface area contributed by atoms with Gasteiger partial charge in [-0.05, 0) is 58.2 Å². The molecule has 3 nitrogen and oxygen atoms in total. The van der Waals surface area contributed by atoms with Crippen molar-refractivity contribution in [1.29, 1.82) is 0 Å². The Morgan fingerprint density at radius 3 is 2.18 bits per heavy atom. The molecule has 0 spiro atoms. The van der Waals surface area contributed by atoms with Gasteiger partial charge in [0.25, 0.3) is 0 Å². The minimum Gasteiger partial charge on any atom is -0.417 e. The van der Waals surface area contributed by atoms with Gasteiger partial charge in [0, 0.05) is 12.6 Å². The van der Waals surface area contributed by atoms with E-state index in [1.165, 1.54) is 0 Å². The van der Waals surface area contributed by atoms with Crippen LogP contribution in [0.5, 0.6) is 0 Å². The van der Waals surface area contributed by atoms with E-state index in [-0.39, 0.29) is 15.8 Å². The molecular weight excluding hydrogens is 310 g/mol. The maximum Gasteiger partial charge on any atom is 0.191 e. The third-order valence-corrected chi connectivity index (χ3v) is 10.4. The maximum atomic E-state index is 12.2. The summed E-state index contributed by atoms with van der Waals surface area (Å²) in [5.41, 5.74) is 0. The fourth-order valence-corrected chi connectivity index (χ4v) is 3.59. The molecule has 5 heteroatoms. The van der Waals surface area contributed by atoms with E-state index >= 15 is 0 Å². The van der Waals surface area contributed by atoms with Crippen molar-refractivity contribution in [2.45, 2.75) is 89.7 Å². The Labute approximate surface area is 142 Å². The highest BCUT2D eigenvalue weighted by Gasteiger charge is 2.36. The topological polar surface area (TPSA) is 38.3 Å². The van der Waals surface area contributed by atoms with Gasteiger partial charge in [0.1, 0.15) is 0 Å². The molecule has 0 bridgehead atoms. The van der Waals surface area contributed by atoms with Gasteiger partial charge in [-0.3, -0.25) is 0 Å². The fourth-order valence-electron chi connectivity index (χ4n) is 1.63. The minimum absolute atomic E-state index is 0.209. The molecule has 0 amide bonds. The van der Waals surface area contributed by atoms with E-state index in [2.05, 4.69) is 45.2 Å². The fraction of sp³-hybridized carbons (Fsp3) is 0.882. The first-order valence-electron chi connectivity index (χ1n) is 8.24. The summed E-state index contributed by atoms with van der Waals surface area (Å²) in [5.74, 6) is 0. The Hall–Kier alpha value is 0.0269. The molecule has 2 atom stereocenters. The van der Waals surface area contributed by atoms with Crippen molar-refractivity contribution < 1.29 is 8.63 Å². The van der Waals surface area contributed by atoms with Crippen LogP contribution in [-0.4, -0.2) is 29.9 Å². The maximum absolute atomic E-state index is 12.2. The second kappa shape index (κ2) is 8.76. The molecule has 0 radical (unpaired) electrons. The molecule has 0 aromatic heterocycles. The highest BCUT2D eigenvalue weighted by molar-refractivity contribution is 7.84. The van der Waals surface area contributed by atoms with Crippen LogP contribution >= 0.6 is 0 Å². The molecule has 0 fully saturated rings. The number of nitrogens with one attached hydrogen (secondary N) is 1. The largest absolute Gasteiger partial charge is 0.417 e. The van der Waals surface area contributed by atoms with Gasteiger partial charge in [0.05, 0.1) is 15.7 Å². The third kappa shape index (κ3) is 8.04. The lowest BCUT2D eigenvalue weighted by Crippen LogP contribution is -2.41. The molecule has 0 aliphatic carbocycles. The van der Waals surface area contributed by atoms with E-state index in [0.717, 1.165) is 25.9 Å². The predicted molar refractivity (Wildman–Crippen MR) is 102 cm³/mol.